The average molecular weight is 196 g/mol. The molecule has 1 aromatic rings. The molecule has 0 aliphatic rings. The Morgan fingerprint density at radius 1 is 1.43 bits per heavy atom. The number of anilines is 1. The number of benzene rings is 1. The molecule has 0 saturated carbocycles. The Morgan fingerprint density at radius 2 is 2.07 bits per heavy atom. The Hall–Kier alpha value is -1.42. The molecule has 1 rings (SSSR count). The zero-order valence-corrected chi connectivity index (χ0v) is 8.17. The summed E-state index contributed by atoms with van der Waals surface area (Å²) in [5.74, 6) is -0.679. The number of amides is 1. The first-order valence-corrected chi connectivity index (χ1v) is 4.38. The highest BCUT2D eigenvalue weighted by Crippen LogP contribution is 2.12. The molecule has 0 bridgehead atoms. The molecule has 1 atom stereocenters. The minimum Gasteiger partial charge on any atom is -0.322 e. The van der Waals surface area contributed by atoms with E-state index in [4.69, 9.17) is 0 Å². The summed E-state index contributed by atoms with van der Waals surface area (Å²) in [5, 5.41) is 5.25. The van der Waals surface area contributed by atoms with E-state index in [1.807, 2.05) is 0 Å². The zero-order valence-electron chi connectivity index (χ0n) is 8.17. The lowest BCUT2D eigenvalue weighted by atomic mass is 10.2. The lowest BCUT2D eigenvalue weighted by molar-refractivity contribution is -0.117. The number of halogens is 1. The Kier molecular flexibility index (Phi) is 3.59. The SMILES string of the molecule is CNC(C)C(=O)Nc1ccccc1F. The van der Waals surface area contributed by atoms with Gasteiger partial charge in [-0.3, -0.25) is 4.79 Å². The third kappa shape index (κ3) is 2.53. The summed E-state index contributed by atoms with van der Waals surface area (Å²) in [6.45, 7) is 1.70. The first kappa shape index (κ1) is 10.7. The van der Waals surface area contributed by atoms with Crippen LogP contribution in [0.25, 0.3) is 0 Å². The quantitative estimate of drug-likeness (QED) is 0.766. The van der Waals surface area contributed by atoms with Gasteiger partial charge in [0, 0.05) is 0 Å². The molecule has 0 aliphatic carbocycles. The van der Waals surface area contributed by atoms with Gasteiger partial charge in [0.2, 0.25) is 5.91 Å². The number of nitrogens with one attached hydrogen (secondary N) is 2. The molecule has 0 aliphatic heterocycles. The summed E-state index contributed by atoms with van der Waals surface area (Å²) >= 11 is 0. The van der Waals surface area contributed by atoms with E-state index in [-0.39, 0.29) is 17.6 Å². The van der Waals surface area contributed by atoms with Crippen LogP contribution in [-0.2, 0) is 4.79 Å². The molecule has 0 saturated heterocycles. The summed E-state index contributed by atoms with van der Waals surface area (Å²) in [6.07, 6.45) is 0. The van der Waals surface area contributed by atoms with Crippen molar-refractivity contribution in [3.05, 3.63) is 30.1 Å². The maximum Gasteiger partial charge on any atom is 0.241 e. The maximum atomic E-state index is 13.1. The van der Waals surface area contributed by atoms with E-state index < -0.39 is 5.82 Å². The molecule has 0 radical (unpaired) electrons. The van der Waals surface area contributed by atoms with Crippen molar-refractivity contribution >= 4 is 11.6 Å². The highest BCUT2D eigenvalue weighted by atomic mass is 19.1. The van der Waals surface area contributed by atoms with Crippen LogP contribution in [0.1, 0.15) is 6.92 Å². The molecule has 3 nitrogen and oxygen atoms in total. The molecule has 0 aromatic heterocycles. The van der Waals surface area contributed by atoms with Gasteiger partial charge in [0.25, 0.3) is 0 Å². The molecule has 0 fully saturated rings. The van der Waals surface area contributed by atoms with Crippen LogP contribution < -0.4 is 10.6 Å². The van der Waals surface area contributed by atoms with Crippen LogP contribution >= 0.6 is 0 Å². The molecule has 0 heterocycles. The van der Waals surface area contributed by atoms with Crippen LogP contribution in [0.4, 0.5) is 10.1 Å². The molecule has 1 aromatic carbocycles. The molecule has 76 valence electrons. The summed E-state index contributed by atoms with van der Waals surface area (Å²) in [5.41, 5.74) is 0.208. The van der Waals surface area contributed by atoms with E-state index in [2.05, 4.69) is 10.6 Å². The van der Waals surface area contributed by atoms with E-state index in [0.29, 0.717) is 0 Å². The van der Waals surface area contributed by atoms with Crippen LogP contribution in [0.3, 0.4) is 0 Å². The van der Waals surface area contributed by atoms with Gasteiger partial charge in [0.05, 0.1) is 11.7 Å². The van der Waals surface area contributed by atoms with Crippen molar-refractivity contribution in [2.24, 2.45) is 0 Å². The third-order valence-electron chi connectivity index (χ3n) is 1.96. The van der Waals surface area contributed by atoms with Crippen molar-refractivity contribution in [2.45, 2.75) is 13.0 Å². The summed E-state index contributed by atoms with van der Waals surface area (Å²) in [6, 6.07) is 5.74. The molecule has 1 unspecified atom stereocenters. The second kappa shape index (κ2) is 4.72. The van der Waals surface area contributed by atoms with E-state index >= 15 is 0 Å². The van der Waals surface area contributed by atoms with Crippen molar-refractivity contribution in [1.82, 2.24) is 5.32 Å². The van der Waals surface area contributed by atoms with Gasteiger partial charge < -0.3 is 10.6 Å². The second-order valence-corrected chi connectivity index (χ2v) is 2.98. The van der Waals surface area contributed by atoms with Crippen LogP contribution in [0.2, 0.25) is 0 Å². The van der Waals surface area contributed by atoms with Gasteiger partial charge in [-0.15, -0.1) is 0 Å². The Bertz CT molecular complexity index is 328. The molecule has 1 amide bonds. The smallest absolute Gasteiger partial charge is 0.241 e. The monoisotopic (exact) mass is 196 g/mol. The van der Waals surface area contributed by atoms with E-state index in [9.17, 15) is 9.18 Å². The Morgan fingerprint density at radius 3 is 2.64 bits per heavy atom. The van der Waals surface area contributed by atoms with Crippen LogP contribution in [0, 0.1) is 5.82 Å². The van der Waals surface area contributed by atoms with E-state index in [0.717, 1.165) is 0 Å². The lowest BCUT2D eigenvalue weighted by Crippen LogP contribution is -2.35. The number of likely N-dealkylation sites (N-methyl/N-ethyl adjacent to an activating group) is 1. The van der Waals surface area contributed by atoms with E-state index in [1.54, 1.807) is 26.1 Å². The molecule has 2 N–H and O–H groups in total. The van der Waals surface area contributed by atoms with Crippen LogP contribution in [-0.4, -0.2) is 19.0 Å². The van der Waals surface area contributed by atoms with Crippen molar-refractivity contribution < 1.29 is 9.18 Å². The number of carbonyl (C=O) groups excluding carboxylic acids is 1. The first-order valence-electron chi connectivity index (χ1n) is 4.38. The van der Waals surface area contributed by atoms with Crippen molar-refractivity contribution in [1.29, 1.82) is 0 Å². The molecule has 14 heavy (non-hydrogen) atoms. The molecular weight excluding hydrogens is 183 g/mol. The lowest BCUT2D eigenvalue weighted by Gasteiger charge is -2.11. The first-order chi connectivity index (χ1) is 6.65. The highest BCUT2D eigenvalue weighted by molar-refractivity contribution is 5.94. The van der Waals surface area contributed by atoms with Gasteiger partial charge in [0.15, 0.2) is 0 Å². The topological polar surface area (TPSA) is 41.1 Å². The van der Waals surface area contributed by atoms with Gasteiger partial charge in [-0.25, -0.2) is 4.39 Å². The van der Waals surface area contributed by atoms with Gasteiger partial charge >= 0.3 is 0 Å². The number of hydrogen-bond donors (Lipinski definition) is 2. The van der Waals surface area contributed by atoms with E-state index in [1.165, 1.54) is 12.1 Å². The summed E-state index contributed by atoms with van der Waals surface area (Å²) in [4.78, 5) is 11.4. The third-order valence-corrected chi connectivity index (χ3v) is 1.96. The fourth-order valence-electron chi connectivity index (χ4n) is 0.935. The predicted octanol–water partition coefficient (Wildman–Crippen LogP) is 1.37. The van der Waals surface area contributed by atoms with Gasteiger partial charge in [0.1, 0.15) is 5.82 Å². The standard InChI is InChI=1S/C10H13FN2O/c1-7(12-2)10(14)13-9-6-4-3-5-8(9)11/h3-7,12H,1-2H3,(H,13,14). The fraction of sp³-hybridized carbons (Fsp3) is 0.300. The zero-order chi connectivity index (χ0) is 10.6. The number of rotatable bonds is 3. The fourth-order valence-corrected chi connectivity index (χ4v) is 0.935. The summed E-state index contributed by atoms with van der Waals surface area (Å²) in [7, 11) is 1.67. The van der Waals surface area contributed by atoms with Crippen molar-refractivity contribution in [3.8, 4) is 0 Å². The summed E-state index contributed by atoms with van der Waals surface area (Å²) < 4.78 is 13.1. The number of hydrogen-bond acceptors (Lipinski definition) is 2. The molecule has 0 spiro atoms. The van der Waals surface area contributed by atoms with Gasteiger partial charge in [-0.1, -0.05) is 12.1 Å². The highest BCUT2D eigenvalue weighted by Gasteiger charge is 2.11. The second-order valence-electron chi connectivity index (χ2n) is 2.98. The van der Waals surface area contributed by atoms with Crippen molar-refractivity contribution in [3.63, 3.8) is 0 Å². The normalized spacial score (nSPS) is 12.2. The number of para-hydroxylation sites is 1. The van der Waals surface area contributed by atoms with Gasteiger partial charge in [-0.2, -0.15) is 0 Å². The number of carbonyl (C=O) groups is 1. The van der Waals surface area contributed by atoms with Crippen LogP contribution in [0.15, 0.2) is 24.3 Å². The van der Waals surface area contributed by atoms with Crippen LogP contribution in [0.5, 0.6) is 0 Å². The largest absolute Gasteiger partial charge is 0.322 e. The van der Waals surface area contributed by atoms with Crippen molar-refractivity contribution in [2.75, 3.05) is 12.4 Å². The minimum atomic E-state index is -0.427. The van der Waals surface area contributed by atoms with Gasteiger partial charge in [-0.05, 0) is 26.1 Å². The Balaban J connectivity index is 2.70. The molecule has 4 heteroatoms. The Labute approximate surface area is 82.3 Å². The molecular formula is C10H13FN2O. The minimum absolute atomic E-state index is 0.208. The average Bonchev–Trinajstić information content (AvgIpc) is 2.20. The maximum absolute atomic E-state index is 13.1. The predicted molar refractivity (Wildman–Crippen MR) is 53.6 cm³/mol.